The molecular weight excluding hydrogens is 416 g/mol. The minimum atomic E-state index is 0.323. The van der Waals surface area contributed by atoms with Crippen LogP contribution in [0.3, 0.4) is 0 Å². The Bertz CT molecular complexity index is 375. The van der Waals surface area contributed by atoms with Crippen LogP contribution in [0.4, 0.5) is 0 Å². The van der Waals surface area contributed by atoms with Gasteiger partial charge in [-0.15, -0.1) is 0 Å². The van der Waals surface area contributed by atoms with Gasteiger partial charge in [-0.2, -0.15) is 0 Å². The molecule has 0 saturated carbocycles. The van der Waals surface area contributed by atoms with Gasteiger partial charge < -0.3 is 5.11 Å². The smallest absolute Gasteiger partial charge is 0.137 e. The van der Waals surface area contributed by atoms with Crippen molar-refractivity contribution in [3.63, 3.8) is 0 Å². The Morgan fingerprint density at radius 1 is 1.40 bits per heavy atom. The fraction of sp³-hybridized carbons (Fsp3) is 0.364. The van der Waals surface area contributed by atoms with Crippen LogP contribution >= 0.6 is 45.2 Å². The summed E-state index contributed by atoms with van der Waals surface area (Å²) >= 11 is 4.36. The molecule has 0 aliphatic rings. The average molecular weight is 429 g/mol. The first-order valence-corrected chi connectivity index (χ1v) is 6.84. The highest BCUT2D eigenvalue weighted by Crippen LogP contribution is 2.25. The lowest BCUT2D eigenvalue weighted by Crippen LogP contribution is -1.94. The number of halogens is 2. The molecule has 0 aliphatic heterocycles. The van der Waals surface area contributed by atoms with Crippen molar-refractivity contribution < 1.29 is 5.11 Å². The summed E-state index contributed by atoms with van der Waals surface area (Å²) in [6.45, 7) is 5.03. The van der Waals surface area contributed by atoms with E-state index in [4.69, 9.17) is 0 Å². The summed E-state index contributed by atoms with van der Waals surface area (Å²) in [6, 6.07) is 3.87. The highest BCUT2D eigenvalue weighted by Gasteiger charge is 2.04. The number of aromatic hydroxyl groups is 1. The first-order valence-electron chi connectivity index (χ1n) is 4.68. The molecule has 1 aromatic carbocycles. The van der Waals surface area contributed by atoms with Gasteiger partial charge >= 0.3 is 0 Å². The summed E-state index contributed by atoms with van der Waals surface area (Å²) in [5.74, 6) is 0.869. The number of nitrogens with zero attached hydrogens (tertiary/aromatic N) is 1. The van der Waals surface area contributed by atoms with E-state index in [9.17, 15) is 5.11 Å². The predicted molar refractivity (Wildman–Crippen MR) is 80.8 cm³/mol. The van der Waals surface area contributed by atoms with Gasteiger partial charge in [-0.3, -0.25) is 4.99 Å². The van der Waals surface area contributed by atoms with E-state index in [1.54, 1.807) is 6.21 Å². The van der Waals surface area contributed by atoms with E-state index in [0.29, 0.717) is 11.7 Å². The van der Waals surface area contributed by atoms with E-state index in [1.807, 2.05) is 12.1 Å². The second-order valence-electron chi connectivity index (χ2n) is 3.71. The second-order valence-corrected chi connectivity index (χ2v) is 6.12. The third kappa shape index (κ3) is 4.26. The molecule has 0 saturated heterocycles. The standard InChI is InChI=1S/C11H13I2NO/c1-7(2)5-14-6-8-3-9(12)4-10(13)11(8)15/h3-4,6-7,15H,5H2,1-2H3. The van der Waals surface area contributed by atoms with Gasteiger partial charge in [0.15, 0.2) is 0 Å². The molecule has 1 rings (SSSR count). The molecule has 82 valence electrons. The molecule has 0 spiro atoms. The lowest BCUT2D eigenvalue weighted by Gasteiger charge is -2.03. The predicted octanol–water partition coefficient (Wildman–Crippen LogP) is 3.68. The lowest BCUT2D eigenvalue weighted by molar-refractivity contribution is 0.470. The molecule has 0 aromatic heterocycles. The molecule has 0 unspecified atom stereocenters. The SMILES string of the molecule is CC(C)CN=Cc1cc(I)cc(I)c1O. The molecule has 2 nitrogen and oxygen atoms in total. The largest absolute Gasteiger partial charge is 0.506 e. The number of benzene rings is 1. The summed E-state index contributed by atoms with van der Waals surface area (Å²) in [5.41, 5.74) is 0.798. The van der Waals surface area contributed by atoms with E-state index in [1.165, 1.54) is 0 Å². The van der Waals surface area contributed by atoms with Crippen molar-refractivity contribution in [2.45, 2.75) is 13.8 Å². The van der Waals surface area contributed by atoms with Crippen molar-refractivity contribution in [2.24, 2.45) is 10.9 Å². The quantitative estimate of drug-likeness (QED) is 0.578. The van der Waals surface area contributed by atoms with Crippen LogP contribution in [0.2, 0.25) is 0 Å². The van der Waals surface area contributed by atoms with Crippen molar-refractivity contribution >= 4 is 51.4 Å². The third-order valence-corrected chi connectivity index (χ3v) is 3.20. The summed E-state index contributed by atoms with van der Waals surface area (Å²) in [6.07, 6.45) is 1.75. The van der Waals surface area contributed by atoms with E-state index in [-0.39, 0.29) is 0 Å². The van der Waals surface area contributed by atoms with Crippen LogP contribution in [-0.2, 0) is 0 Å². The van der Waals surface area contributed by atoms with Crippen molar-refractivity contribution in [1.29, 1.82) is 0 Å². The minimum absolute atomic E-state index is 0.323. The van der Waals surface area contributed by atoms with Crippen molar-refractivity contribution in [3.05, 3.63) is 24.8 Å². The number of phenolic OH excluding ortho intramolecular Hbond substituents is 1. The zero-order valence-electron chi connectivity index (χ0n) is 8.67. The zero-order valence-corrected chi connectivity index (χ0v) is 13.0. The summed E-state index contributed by atoms with van der Waals surface area (Å²) in [7, 11) is 0. The average Bonchev–Trinajstić information content (AvgIpc) is 2.12. The van der Waals surface area contributed by atoms with Crippen molar-refractivity contribution in [3.8, 4) is 5.75 Å². The van der Waals surface area contributed by atoms with E-state index < -0.39 is 0 Å². The minimum Gasteiger partial charge on any atom is -0.506 e. The fourth-order valence-electron chi connectivity index (χ4n) is 1.05. The molecule has 0 radical (unpaired) electrons. The van der Waals surface area contributed by atoms with Crippen LogP contribution in [-0.4, -0.2) is 17.9 Å². The maximum absolute atomic E-state index is 9.79. The molecule has 0 aliphatic carbocycles. The Kier molecular flexibility index (Phi) is 5.31. The number of aliphatic imine (C=N–C) groups is 1. The Labute approximate surface area is 117 Å². The Morgan fingerprint density at radius 3 is 2.67 bits per heavy atom. The maximum Gasteiger partial charge on any atom is 0.137 e. The normalized spacial score (nSPS) is 11.5. The van der Waals surface area contributed by atoms with Gasteiger partial charge in [0.1, 0.15) is 5.75 Å². The molecule has 0 bridgehead atoms. The first kappa shape index (κ1) is 13.2. The summed E-state index contributed by atoms with van der Waals surface area (Å²) in [4.78, 5) is 4.29. The number of rotatable bonds is 3. The van der Waals surface area contributed by atoms with Gasteiger partial charge in [0, 0.05) is 21.9 Å². The molecule has 1 aromatic rings. The molecule has 4 heteroatoms. The van der Waals surface area contributed by atoms with E-state index in [0.717, 1.165) is 19.2 Å². The molecule has 0 amide bonds. The third-order valence-electron chi connectivity index (χ3n) is 1.76. The van der Waals surface area contributed by atoms with Crippen LogP contribution in [0.5, 0.6) is 5.75 Å². The Balaban J connectivity index is 2.89. The van der Waals surface area contributed by atoms with Crippen LogP contribution in [0.1, 0.15) is 19.4 Å². The highest BCUT2D eigenvalue weighted by molar-refractivity contribution is 14.1. The zero-order chi connectivity index (χ0) is 11.4. The molecule has 1 N–H and O–H groups in total. The Hall–Kier alpha value is 0.150. The van der Waals surface area contributed by atoms with Crippen LogP contribution in [0.15, 0.2) is 17.1 Å². The number of phenols is 1. The van der Waals surface area contributed by atoms with Crippen LogP contribution in [0, 0.1) is 13.1 Å². The van der Waals surface area contributed by atoms with Crippen LogP contribution < -0.4 is 0 Å². The number of hydrogen-bond donors (Lipinski definition) is 1. The van der Waals surface area contributed by atoms with Gasteiger partial charge in [-0.25, -0.2) is 0 Å². The molecule has 15 heavy (non-hydrogen) atoms. The highest BCUT2D eigenvalue weighted by atomic mass is 127. The van der Waals surface area contributed by atoms with Crippen molar-refractivity contribution in [1.82, 2.24) is 0 Å². The molecular formula is C11H13I2NO. The van der Waals surface area contributed by atoms with Gasteiger partial charge in [-0.05, 0) is 63.2 Å². The fourth-order valence-corrected chi connectivity index (χ4v) is 2.94. The van der Waals surface area contributed by atoms with E-state index in [2.05, 4.69) is 64.0 Å². The van der Waals surface area contributed by atoms with Crippen molar-refractivity contribution in [2.75, 3.05) is 6.54 Å². The first-order chi connectivity index (χ1) is 7.00. The molecule has 0 atom stereocenters. The number of hydrogen-bond acceptors (Lipinski definition) is 2. The molecule has 0 fully saturated rings. The van der Waals surface area contributed by atoms with Crippen LogP contribution in [0.25, 0.3) is 0 Å². The maximum atomic E-state index is 9.79. The summed E-state index contributed by atoms with van der Waals surface area (Å²) < 4.78 is 1.98. The second kappa shape index (κ2) is 6.03. The lowest BCUT2D eigenvalue weighted by atomic mass is 10.2. The van der Waals surface area contributed by atoms with Gasteiger partial charge in [0.25, 0.3) is 0 Å². The molecule has 0 heterocycles. The van der Waals surface area contributed by atoms with Gasteiger partial charge in [0.05, 0.1) is 3.57 Å². The topological polar surface area (TPSA) is 32.6 Å². The Morgan fingerprint density at radius 2 is 2.07 bits per heavy atom. The van der Waals surface area contributed by atoms with E-state index >= 15 is 0 Å². The van der Waals surface area contributed by atoms with Gasteiger partial charge in [-0.1, -0.05) is 13.8 Å². The summed E-state index contributed by atoms with van der Waals surface area (Å²) in [5, 5.41) is 9.79. The monoisotopic (exact) mass is 429 g/mol. The van der Waals surface area contributed by atoms with Gasteiger partial charge in [0.2, 0.25) is 0 Å².